The standard InChI is InChI=1S/C20H30N2/c1-20(9-10-20)19-12-17(11-15-3-2-4-18(15)19)22-13-14-5-7-16(21)8-6-14/h11-12,14,16,22H,2-10,13,21H2,1H3/t14-,16-. The number of rotatable bonds is 4. The largest absolute Gasteiger partial charge is 0.385 e. The van der Waals surface area contributed by atoms with E-state index >= 15 is 0 Å². The van der Waals surface area contributed by atoms with Crippen molar-refractivity contribution in [3.05, 3.63) is 28.8 Å². The van der Waals surface area contributed by atoms with E-state index in [4.69, 9.17) is 5.73 Å². The molecule has 3 N–H and O–H groups in total. The summed E-state index contributed by atoms with van der Waals surface area (Å²) in [4.78, 5) is 0. The number of aryl methyl sites for hydroxylation is 1. The summed E-state index contributed by atoms with van der Waals surface area (Å²) in [6.45, 7) is 3.58. The molecule has 3 aliphatic carbocycles. The molecule has 2 saturated carbocycles. The van der Waals surface area contributed by atoms with E-state index in [2.05, 4.69) is 24.4 Å². The molecule has 2 fully saturated rings. The van der Waals surface area contributed by atoms with E-state index in [1.807, 2.05) is 0 Å². The Morgan fingerprint density at radius 2 is 1.91 bits per heavy atom. The molecule has 0 aromatic heterocycles. The van der Waals surface area contributed by atoms with E-state index in [9.17, 15) is 0 Å². The second kappa shape index (κ2) is 5.56. The predicted molar refractivity (Wildman–Crippen MR) is 93.5 cm³/mol. The number of nitrogens with two attached hydrogens (primary N) is 1. The molecule has 0 amide bonds. The average Bonchev–Trinajstić information content (AvgIpc) is 3.10. The van der Waals surface area contributed by atoms with Crippen LogP contribution in [-0.2, 0) is 18.3 Å². The van der Waals surface area contributed by atoms with E-state index in [0.29, 0.717) is 11.5 Å². The number of nitrogens with one attached hydrogen (secondary N) is 1. The van der Waals surface area contributed by atoms with Gasteiger partial charge in [0.15, 0.2) is 0 Å². The lowest BCUT2D eigenvalue weighted by Gasteiger charge is -2.27. The van der Waals surface area contributed by atoms with Gasteiger partial charge >= 0.3 is 0 Å². The van der Waals surface area contributed by atoms with Crippen molar-refractivity contribution in [2.75, 3.05) is 11.9 Å². The molecule has 0 atom stereocenters. The van der Waals surface area contributed by atoms with Gasteiger partial charge in [0.05, 0.1) is 0 Å². The number of hydrogen-bond acceptors (Lipinski definition) is 2. The van der Waals surface area contributed by atoms with Crippen LogP contribution >= 0.6 is 0 Å². The van der Waals surface area contributed by atoms with Gasteiger partial charge in [-0.05, 0) is 97.9 Å². The van der Waals surface area contributed by atoms with Crippen molar-refractivity contribution in [3.8, 4) is 0 Å². The summed E-state index contributed by atoms with van der Waals surface area (Å²) in [5.74, 6) is 0.813. The number of fused-ring (bicyclic) bond motifs is 1. The van der Waals surface area contributed by atoms with Crippen LogP contribution in [0.3, 0.4) is 0 Å². The molecular weight excluding hydrogens is 268 g/mol. The molecule has 0 aliphatic heterocycles. The molecule has 0 radical (unpaired) electrons. The zero-order valence-electron chi connectivity index (χ0n) is 14.0. The van der Waals surface area contributed by atoms with Crippen molar-refractivity contribution < 1.29 is 0 Å². The van der Waals surface area contributed by atoms with Crippen LogP contribution in [-0.4, -0.2) is 12.6 Å². The molecule has 4 rings (SSSR count). The fourth-order valence-corrected chi connectivity index (χ4v) is 4.46. The summed E-state index contributed by atoms with van der Waals surface area (Å²) in [5.41, 5.74) is 12.9. The smallest absolute Gasteiger partial charge is 0.0346 e. The molecule has 1 aromatic carbocycles. The maximum absolute atomic E-state index is 6.02. The Labute approximate surface area is 134 Å². The Hall–Kier alpha value is -1.02. The number of benzene rings is 1. The Kier molecular flexibility index (Phi) is 3.68. The lowest BCUT2D eigenvalue weighted by molar-refractivity contribution is 0.339. The molecule has 1 aromatic rings. The van der Waals surface area contributed by atoms with Gasteiger partial charge in [-0.15, -0.1) is 0 Å². The fraction of sp³-hybridized carbons (Fsp3) is 0.700. The summed E-state index contributed by atoms with van der Waals surface area (Å²) in [5, 5.41) is 3.76. The van der Waals surface area contributed by atoms with Gasteiger partial charge < -0.3 is 11.1 Å². The SMILES string of the molecule is CC1(c2cc(NC[C@H]3CC[C@H](N)CC3)cc3c2CCC3)CC1. The predicted octanol–water partition coefficient (Wildman–Crippen LogP) is 4.16. The maximum Gasteiger partial charge on any atom is 0.0346 e. The second-order valence-corrected chi connectivity index (χ2v) is 8.24. The Balaban J connectivity index is 1.48. The normalized spacial score (nSPS) is 29.2. The summed E-state index contributed by atoms with van der Waals surface area (Å²) >= 11 is 0. The topological polar surface area (TPSA) is 38.0 Å². The van der Waals surface area contributed by atoms with E-state index in [1.165, 1.54) is 63.5 Å². The van der Waals surface area contributed by atoms with E-state index in [-0.39, 0.29) is 0 Å². The highest BCUT2D eigenvalue weighted by atomic mass is 14.9. The first-order valence-electron chi connectivity index (χ1n) is 9.30. The van der Waals surface area contributed by atoms with E-state index < -0.39 is 0 Å². The third-order valence-electron chi connectivity index (χ3n) is 6.35. The lowest BCUT2D eigenvalue weighted by atomic mass is 9.86. The van der Waals surface area contributed by atoms with Crippen molar-refractivity contribution >= 4 is 5.69 Å². The van der Waals surface area contributed by atoms with Crippen LogP contribution in [0.5, 0.6) is 0 Å². The monoisotopic (exact) mass is 298 g/mol. The van der Waals surface area contributed by atoms with Gasteiger partial charge in [-0.3, -0.25) is 0 Å². The highest BCUT2D eigenvalue weighted by Crippen LogP contribution is 2.51. The molecule has 0 bridgehead atoms. The van der Waals surface area contributed by atoms with Crippen molar-refractivity contribution in [1.82, 2.24) is 0 Å². The minimum Gasteiger partial charge on any atom is -0.385 e. The van der Waals surface area contributed by atoms with Crippen molar-refractivity contribution in [1.29, 1.82) is 0 Å². The summed E-state index contributed by atoms with van der Waals surface area (Å²) in [6, 6.07) is 5.37. The van der Waals surface area contributed by atoms with Gasteiger partial charge in [0.25, 0.3) is 0 Å². The first kappa shape index (κ1) is 14.6. The van der Waals surface area contributed by atoms with Crippen LogP contribution in [0, 0.1) is 5.92 Å². The van der Waals surface area contributed by atoms with Gasteiger partial charge in [-0.25, -0.2) is 0 Å². The molecule has 0 heterocycles. The Morgan fingerprint density at radius 3 is 2.64 bits per heavy atom. The first-order chi connectivity index (χ1) is 10.6. The molecular formula is C20H30N2. The van der Waals surface area contributed by atoms with Gasteiger partial charge in [-0.2, -0.15) is 0 Å². The van der Waals surface area contributed by atoms with Gasteiger partial charge in [0.1, 0.15) is 0 Å². The molecule has 0 unspecified atom stereocenters. The van der Waals surface area contributed by atoms with Crippen LogP contribution in [0.25, 0.3) is 0 Å². The van der Waals surface area contributed by atoms with Crippen LogP contribution < -0.4 is 11.1 Å². The van der Waals surface area contributed by atoms with Crippen LogP contribution in [0.15, 0.2) is 12.1 Å². The third kappa shape index (κ3) is 2.78. The Bertz CT molecular complexity index is 551. The minimum atomic E-state index is 0.456. The second-order valence-electron chi connectivity index (χ2n) is 8.24. The highest BCUT2D eigenvalue weighted by Gasteiger charge is 2.41. The summed E-state index contributed by atoms with van der Waals surface area (Å²) in [7, 11) is 0. The zero-order chi connectivity index (χ0) is 15.2. The quantitative estimate of drug-likeness (QED) is 0.876. The molecule has 2 heteroatoms. The zero-order valence-corrected chi connectivity index (χ0v) is 14.0. The Morgan fingerprint density at radius 1 is 1.14 bits per heavy atom. The van der Waals surface area contributed by atoms with Crippen molar-refractivity contribution in [3.63, 3.8) is 0 Å². The molecule has 0 spiro atoms. The number of hydrogen-bond donors (Lipinski definition) is 2. The molecule has 2 nitrogen and oxygen atoms in total. The highest BCUT2D eigenvalue weighted by molar-refractivity contribution is 5.57. The van der Waals surface area contributed by atoms with Gasteiger partial charge in [-0.1, -0.05) is 6.92 Å². The van der Waals surface area contributed by atoms with Crippen LogP contribution in [0.4, 0.5) is 5.69 Å². The van der Waals surface area contributed by atoms with Gasteiger partial charge in [0.2, 0.25) is 0 Å². The molecule has 22 heavy (non-hydrogen) atoms. The first-order valence-corrected chi connectivity index (χ1v) is 9.30. The minimum absolute atomic E-state index is 0.456. The molecule has 0 saturated heterocycles. The van der Waals surface area contributed by atoms with Crippen LogP contribution in [0.1, 0.15) is 68.6 Å². The average molecular weight is 298 g/mol. The summed E-state index contributed by atoms with van der Waals surface area (Å²) < 4.78 is 0. The number of anilines is 1. The maximum atomic E-state index is 6.02. The van der Waals surface area contributed by atoms with E-state index in [1.54, 1.807) is 16.7 Å². The van der Waals surface area contributed by atoms with Crippen molar-refractivity contribution in [2.24, 2.45) is 11.7 Å². The van der Waals surface area contributed by atoms with Crippen LogP contribution in [0.2, 0.25) is 0 Å². The molecule has 3 aliphatic rings. The third-order valence-corrected chi connectivity index (χ3v) is 6.35. The fourth-order valence-electron chi connectivity index (χ4n) is 4.46. The van der Waals surface area contributed by atoms with E-state index in [0.717, 1.165) is 12.5 Å². The lowest BCUT2D eigenvalue weighted by Crippen LogP contribution is -2.29. The van der Waals surface area contributed by atoms with Crippen molar-refractivity contribution in [2.45, 2.75) is 76.2 Å². The van der Waals surface area contributed by atoms with Gasteiger partial charge in [0, 0.05) is 18.3 Å². The summed E-state index contributed by atoms with van der Waals surface area (Å²) in [6.07, 6.45) is 11.7. The molecule has 120 valence electrons.